The number of nitrogens with zero attached hydrogens (tertiary/aromatic N) is 1. The van der Waals surface area contributed by atoms with E-state index in [0.29, 0.717) is 18.5 Å². The lowest BCUT2D eigenvalue weighted by molar-refractivity contribution is 0.0779. The Morgan fingerprint density at radius 2 is 2.25 bits per heavy atom. The molecular weight excluding hydrogens is 250 g/mol. The van der Waals surface area contributed by atoms with Crippen LogP contribution < -0.4 is 4.74 Å². The van der Waals surface area contributed by atoms with E-state index in [1.165, 1.54) is 18.4 Å². The molecule has 2 atom stereocenters. The van der Waals surface area contributed by atoms with Crippen LogP contribution >= 0.6 is 0 Å². The van der Waals surface area contributed by atoms with Crippen molar-refractivity contribution in [1.82, 2.24) is 4.90 Å². The number of ether oxygens (including phenoxy) is 1. The second-order valence-electron chi connectivity index (χ2n) is 6.17. The van der Waals surface area contributed by atoms with Gasteiger partial charge in [0, 0.05) is 18.0 Å². The van der Waals surface area contributed by atoms with Crippen LogP contribution in [0.3, 0.4) is 0 Å². The minimum Gasteiger partial charge on any atom is -0.493 e. The van der Waals surface area contributed by atoms with Gasteiger partial charge >= 0.3 is 0 Å². The van der Waals surface area contributed by atoms with E-state index in [1.54, 1.807) is 0 Å². The molecule has 3 heteroatoms. The fourth-order valence-electron chi connectivity index (χ4n) is 3.28. The third kappa shape index (κ3) is 2.59. The Hall–Kier alpha value is -1.35. The lowest BCUT2D eigenvalue weighted by Crippen LogP contribution is -2.44. The van der Waals surface area contributed by atoms with Gasteiger partial charge in [0.05, 0.1) is 13.2 Å². The first-order valence-corrected chi connectivity index (χ1v) is 7.68. The fraction of sp³-hybridized carbons (Fsp3) is 0.588. The van der Waals surface area contributed by atoms with E-state index in [2.05, 4.69) is 18.7 Å². The van der Waals surface area contributed by atoms with Gasteiger partial charge in [-0.3, -0.25) is 9.69 Å². The summed E-state index contributed by atoms with van der Waals surface area (Å²) in [6.45, 7) is 6.87. The molecule has 1 saturated heterocycles. The molecule has 2 aliphatic rings. The summed E-state index contributed by atoms with van der Waals surface area (Å²) in [6, 6.07) is 6.37. The van der Waals surface area contributed by atoms with Crippen LogP contribution in [0.25, 0.3) is 0 Å². The number of hydrogen-bond donors (Lipinski definition) is 0. The van der Waals surface area contributed by atoms with Crippen LogP contribution in [-0.2, 0) is 6.42 Å². The maximum atomic E-state index is 12.5. The maximum absolute atomic E-state index is 12.5. The Kier molecular flexibility index (Phi) is 3.79. The summed E-state index contributed by atoms with van der Waals surface area (Å²) in [6.07, 6.45) is 3.41. The van der Waals surface area contributed by atoms with Gasteiger partial charge in [-0.05, 0) is 56.0 Å². The third-order valence-corrected chi connectivity index (χ3v) is 4.86. The third-order valence-electron chi connectivity index (χ3n) is 4.86. The van der Waals surface area contributed by atoms with E-state index in [4.69, 9.17) is 4.74 Å². The van der Waals surface area contributed by atoms with Crippen LogP contribution in [-0.4, -0.2) is 36.4 Å². The summed E-state index contributed by atoms with van der Waals surface area (Å²) in [4.78, 5) is 14.8. The van der Waals surface area contributed by atoms with Gasteiger partial charge in [-0.2, -0.15) is 0 Å². The number of benzene rings is 1. The zero-order valence-corrected chi connectivity index (χ0v) is 12.4. The maximum Gasteiger partial charge on any atom is 0.176 e. The van der Waals surface area contributed by atoms with Gasteiger partial charge < -0.3 is 4.74 Å². The normalized spacial score (nSPS) is 26.1. The standard InChI is InChI=1S/C17H23NO2/c1-12-4-3-8-18(13(12)2)11-16(19)14-5-6-17-15(10-14)7-9-20-17/h5-6,10,12-13H,3-4,7-9,11H2,1-2H3. The molecule has 1 aromatic carbocycles. The minimum absolute atomic E-state index is 0.237. The number of rotatable bonds is 3. The number of carbonyl (C=O) groups is 1. The molecule has 20 heavy (non-hydrogen) atoms. The Morgan fingerprint density at radius 1 is 1.40 bits per heavy atom. The topological polar surface area (TPSA) is 29.5 Å². The van der Waals surface area contributed by atoms with Crippen molar-refractivity contribution in [1.29, 1.82) is 0 Å². The van der Waals surface area contributed by atoms with E-state index in [-0.39, 0.29) is 5.78 Å². The van der Waals surface area contributed by atoms with E-state index in [1.807, 2.05) is 18.2 Å². The van der Waals surface area contributed by atoms with Crippen LogP contribution in [0.5, 0.6) is 5.75 Å². The highest BCUT2D eigenvalue weighted by Crippen LogP contribution is 2.27. The van der Waals surface area contributed by atoms with Gasteiger partial charge in [0.15, 0.2) is 5.78 Å². The Bertz CT molecular complexity index is 512. The van der Waals surface area contributed by atoms with E-state index in [0.717, 1.165) is 30.9 Å². The summed E-state index contributed by atoms with van der Waals surface area (Å²) in [5, 5.41) is 0. The summed E-state index contributed by atoms with van der Waals surface area (Å²) in [5.74, 6) is 1.87. The highest BCUT2D eigenvalue weighted by atomic mass is 16.5. The predicted octanol–water partition coefficient (Wildman–Crippen LogP) is 2.92. The van der Waals surface area contributed by atoms with Crippen molar-refractivity contribution in [2.24, 2.45) is 5.92 Å². The van der Waals surface area contributed by atoms with Gasteiger partial charge in [0.2, 0.25) is 0 Å². The molecule has 1 aromatic rings. The first-order valence-electron chi connectivity index (χ1n) is 7.68. The molecule has 0 aliphatic carbocycles. The molecule has 0 amide bonds. The van der Waals surface area contributed by atoms with Gasteiger partial charge in [0.25, 0.3) is 0 Å². The smallest absolute Gasteiger partial charge is 0.176 e. The average molecular weight is 273 g/mol. The monoisotopic (exact) mass is 273 g/mol. The molecule has 0 radical (unpaired) electrons. The van der Waals surface area contributed by atoms with Crippen LogP contribution in [0, 0.1) is 5.92 Å². The first kappa shape index (κ1) is 13.6. The van der Waals surface area contributed by atoms with Crippen molar-refractivity contribution in [3.63, 3.8) is 0 Å². The molecule has 1 fully saturated rings. The highest BCUT2D eigenvalue weighted by Gasteiger charge is 2.26. The Morgan fingerprint density at radius 3 is 3.10 bits per heavy atom. The van der Waals surface area contributed by atoms with Crippen molar-refractivity contribution >= 4 is 5.78 Å². The van der Waals surface area contributed by atoms with Crippen LogP contribution in [0.15, 0.2) is 18.2 Å². The number of hydrogen-bond acceptors (Lipinski definition) is 3. The molecule has 2 heterocycles. The van der Waals surface area contributed by atoms with Crippen LogP contribution in [0.1, 0.15) is 42.6 Å². The molecule has 0 saturated carbocycles. The van der Waals surface area contributed by atoms with Crippen molar-refractivity contribution in [3.05, 3.63) is 29.3 Å². The van der Waals surface area contributed by atoms with E-state index < -0.39 is 0 Å². The average Bonchev–Trinajstić information content (AvgIpc) is 2.91. The first-order chi connectivity index (χ1) is 9.65. The molecular formula is C17H23NO2. The van der Waals surface area contributed by atoms with Gasteiger partial charge in [-0.25, -0.2) is 0 Å². The molecule has 2 aliphatic heterocycles. The molecule has 0 N–H and O–H groups in total. The zero-order chi connectivity index (χ0) is 14.1. The van der Waals surface area contributed by atoms with Crippen molar-refractivity contribution in [2.75, 3.05) is 19.7 Å². The van der Waals surface area contributed by atoms with Crippen molar-refractivity contribution < 1.29 is 9.53 Å². The van der Waals surface area contributed by atoms with Gasteiger partial charge in [0.1, 0.15) is 5.75 Å². The van der Waals surface area contributed by atoms with Crippen LogP contribution in [0.2, 0.25) is 0 Å². The Balaban J connectivity index is 1.70. The molecule has 2 unspecified atom stereocenters. The quantitative estimate of drug-likeness (QED) is 0.793. The van der Waals surface area contributed by atoms with E-state index in [9.17, 15) is 4.79 Å². The van der Waals surface area contributed by atoms with Gasteiger partial charge in [-0.1, -0.05) is 6.92 Å². The fourth-order valence-corrected chi connectivity index (χ4v) is 3.28. The number of piperidine rings is 1. The van der Waals surface area contributed by atoms with Crippen molar-refractivity contribution in [2.45, 2.75) is 39.2 Å². The number of carbonyl (C=O) groups excluding carboxylic acids is 1. The summed E-state index contributed by atoms with van der Waals surface area (Å²) >= 11 is 0. The minimum atomic E-state index is 0.237. The lowest BCUT2D eigenvalue weighted by atomic mass is 9.91. The number of fused-ring (bicyclic) bond motifs is 1. The van der Waals surface area contributed by atoms with E-state index >= 15 is 0 Å². The SMILES string of the molecule is CC1CCCN(CC(=O)c2ccc3c(c2)CCO3)C1C. The molecule has 0 spiro atoms. The molecule has 0 aromatic heterocycles. The zero-order valence-electron chi connectivity index (χ0n) is 12.4. The number of likely N-dealkylation sites (tertiary alicyclic amines) is 1. The number of ketones is 1. The van der Waals surface area contributed by atoms with Crippen LogP contribution in [0.4, 0.5) is 0 Å². The molecule has 3 rings (SSSR count). The summed E-state index contributed by atoms with van der Waals surface area (Å²) in [5.41, 5.74) is 2.01. The summed E-state index contributed by atoms with van der Waals surface area (Å²) in [7, 11) is 0. The predicted molar refractivity (Wildman–Crippen MR) is 79.4 cm³/mol. The molecule has 3 nitrogen and oxygen atoms in total. The van der Waals surface area contributed by atoms with Crippen molar-refractivity contribution in [3.8, 4) is 5.75 Å². The lowest BCUT2D eigenvalue weighted by Gasteiger charge is -2.37. The molecule has 108 valence electrons. The highest BCUT2D eigenvalue weighted by molar-refractivity contribution is 5.98. The molecule has 0 bridgehead atoms. The number of Topliss-reactive ketones (excluding diaryl/α,β-unsaturated/α-hetero) is 1. The second-order valence-corrected chi connectivity index (χ2v) is 6.17. The largest absolute Gasteiger partial charge is 0.493 e. The summed E-state index contributed by atoms with van der Waals surface area (Å²) < 4.78 is 5.49. The Labute approximate surface area is 120 Å². The van der Waals surface area contributed by atoms with Gasteiger partial charge in [-0.15, -0.1) is 0 Å². The second kappa shape index (κ2) is 5.57.